The lowest BCUT2D eigenvalue weighted by molar-refractivity contribution is -0.130. The fourth-order valence-electron chi connectivity index (χ4n) is 1.72. The van der Waals surface area contributed by atoms with Crippen LogP contribution in [0.25, 0.3) is 0 Å². The summed E-state index contributed by atoms with van der Waals surface area (Å²) in [4.78, 5) is 21.6. The third kappa shape index (κ3) is 4.61. The number of nitrogens with two attached hydrogens (primary N) is 1. The number of hydrogen-bond acceptors (Lipinski definition) is 6. The number of nitrogens with one attached hydrogen (secondary N) is 2. The summed E-state index contributed by atoms with van der Waals surface area (Å²) in [6.07, 6.45) is 0.431. The lowest BCUT2D eigenvalue weighted by Gasteiger charge is -2.18. The molecule has 1 heterocycles. The molecular weight excluding hydrogens is 244 g/mol. The summed E-state index contributed by atoms with van der Waals surface area (Å²) in [5.74, 6) is 1.59. The van der Waals surface area contributed by atoms with Gasteiger partial charge in [0.05, 0.1) is 0 Å². The minimum Gasteiger partial charge on any atom is -0.373 e. The maximum absolute atomic E-state index is 11.8. The number of aromatic nitrogens is 2. The molecule has 0 radical (unpaired) electrons. The molecule has 1 aromatic rings. The van der Waals surface area contributed by atoms with E-state index in [0.717, 1.165) is 13.1 Å². The van der Waals surface area contributed by atoms with Gasteiger partial charge in [0.1, 0.15) is 11.6 Å². The van der Waals surface area contributed by atoms with Gasteiger partial charge in [-0.3, -0.25) is 4.79 Å². The van der Waals surface area contributed by atoms with Gasteiger partial charge in [-0.1, -0.05) is 0 Å². The molecule has 1 aromatic heterocycles. The van der Waals surface area contributed by atoms with Gasteiger partial charge in [0.25, 0.3) is 0 Å². The summed E-state index contributed by atoms with van der Waals surface area (Å²) >= 11 is 0. The SMILES string of the molecule is CCN(CC)C(=O)CCNc1cc(NC)nc(N)n1. The molecule has 4 N–H and O–H groups in total. The fourth-order valence-corrected chi connectivity index (χ4v) is 1.72. The quantitative estimate of drug-likeness (QED) is 0.674. The standard InChI is InChI=1S/C12H22N6O/c1-4-18(5-2)11(19)6-7-15-10-8-9(14-3)16-12(13)17-10/h8H,4-7H2,1-3H3,(H4,13,14,15,16,17). The Labute approximate surface area is 113 Å². The molecule has 0 aromatic carbocycles. The van der Waals surface area contributed by atoms with Crippen molar-refractivity contribution < 1.29 is 4.79 Å². The summed E-state index contributed by atoms with van der Waals surface area (Å²) in [5.41, 5.74) is 5.58. The van der Waals surface area contributed by atoms with Crippen molar-refractivity contribution in [3.8, 4) is 0 Å². The number of hydrogen-bond donors (Lipinski definition) is 3. The Morgan fingerprint density at radius 3 is 2.53 bits per heavy atom. The number of rotatable bonds is 7. The molecule has 0 bridgehead atoms. The Balaban J connectivity index is 2.49. The second-order valence-corrected chi connectivity index (χ2v) is 3.99. The molecule has 7 heteroatoms. The number of carbonyl (C=O) groups is 1. The van der Waals surface area contributed by atoms with Crippen LogP contribution in [-0.2, 0) is 4.79 Å². The van der Waals surface area contributed by atoms with Gasteiger partial charge in [0, 0.05) is 39.2 Å². The third-order valence-electron chi connectivity index (χ3n) is 2.76. The maximum atomic E-state index is 11.8. The van der Waals surface area contributed by atoms with E-state index in [1.165, 1.54) is 0 Å². The van der Waals surface area contributed by atoms with Crippen molar-refractivity contribution in [2.24, 2.45) is 0 Å². The highest BCUT2D eigenvalue weighted by molar-refractivity contribution is 5.76. The lowest BCUT2D eigenvalue weighted by atomic mass is 10.3. The van der Waals surface area contributed by atoms with E-state index in [4.69, 9.17) is 5.73 Å². The molecule has 0 saturated heterocycles. The zero-order valence-corrected chi connectivity index (χ0v) is 11.7. The number of nitrogen functional groups attached to an aromatic ring is 1. The minimum atomic E-state index is 0.133. The minimum absolute atomic E-state index is 0.133. The molecule has 0 saturated carbocycles. The molecule has 0 fully saturated rings. The van der Waals surface area contributed by atoms with Gasteiger partial charge in [-0.25, -0.2) is 0 Å². The Hall–Kier alpha value is -2.05. The van der Waals surface area contributed by atoms with E-state index in [-0.39, 0.29) is 11.9 Å². The van der Waals surface area contributed by atoms with Crippen LogP contribution in [-0.4, -0.2) is 47.5 Å². The molecule has 7 nitrogen and oxygen atoms in total. The molecule has 0 unspecified atom stereocenters. The average molecular weight is 266 g/mol. The van der Waals surface area contributed by atoms with E-state index >= 15 is 0 Å². The van der Waals surface area contributed by atoms with Crippen molar-refractivity contribution in [2.45, 2.75) is 20.3 Å². The molecule has 0 aliphatic carbocycles. The number of amides is 1. The van der Waals surface area contributed by atoms with Crippen LogP contribution >= 0.6 is 0 Å². The molecule has 1 rings (SSSR count). The van der Waals surface area contributed by atoms with E-state index in [0.29, 0.717) is 24.6 Å². The molecule has 1 amide bonds. The van der Waals surface area contributed by atoms with Crippen molar-refractivity contribution in [1.29, 1.82) is 0 Å². The first-order valence-electron chi connectivity index (χ1n) is 6.44. The predicted octanol–water partition coefficient (Wildman–Crippen LogP) is 0.771. The first-order valence-corrected chi connectivity index (χ1v) is 6.44. The van der Waals surface area contributed by atoms with Crippen molar-refractivity contribution in [1.82, 2.24) is 14.9 Å². The molecule has 0 atom stereocenters. The van der Waals surface area contributed by atoms with E-state index in [2.05, 4.69) is 20.6 Å². The van der Waals surface area contributed by atoms with E-state index in [1.54, 1.807) is 18.0 Å². The van der Waals surface area contributed by atoms with Crippen LogP contribution in [0.4, 0.5) is 17.6 Å². The largest absolute Gasteiger partial charge is 0.373 e. The summed E-state index contributed by atoms with van der Waals surface area (Å²) in [5, 5.41) is 5.97. The van der Waals surface area contributed by atoms with Crippen molar-refractivity contribution >= 4 is 23.5 Å². The Morgan fingerprint density at radius 2 is 1.95 bits per heavy atom. The average Bonchev–Trinajstić information content (AvgIpc) is 2.39. The van der Waals surface area contributed by atoms with Gasteiger partial charge in [-0.2, -0.15) is 9.97 Å². The van der Waals surface area contributed by atoms with Gasteiger partial charge < -0.3 is 21.3 Å². The third-order valence-corrected chi connectivity index (χ3v) is 2.76. The molecular formula is C12H22N6O. The van der Waals surface area contributed by atoms with Crippen LogP contribution in [0, 0.1) is 0 Å². The van der Waals surface area contributed by atoms with E-state index in [9.17, 15) is 4.79 Å². The normalized spacial score (nSPS) is 10.1. The van der Waals surface area contributed by atoms with Crippen LogP contribution in [0.5, 0.6) is 0 Å². The number of anilines is 3. The van der Waals surface area contributed by atoms with Crippen LogP contribution < -0.4 is 16.4 Å². The summed E-state index contributed by atoms with van der Waals surface area (Å²) in [7, 11) is 1.76. The van der Waals surface area contributed by atoms with Gasteiger partial charge in [-0.05, 0) is 13.8 Å². The number of nitrogens with zero attached hydrogens (tertiary/aromatic N) is 3. The fraction of sp³-hybridized carbons (Fsp3) is 0.583. The summed E-state index contributed by atoms with van der Waals surface area (Å²) in [6, 6.07) is 1.75. The first kappa shape index (κ1) is 15.0. The first-order chi connectivity index (χ1) is 9.10. The van der Waals surface area contributed by atoms with Gasteiger partial charge in [-0.15, -0.1) is 0 Å². The van der Waals surface area contributed by atoms with Gasteiger partial charge >= 0.3 is 0 Å². The maximum Gasteiger partial charge on any atom is 0.224 e. The van der Waals surface area contributed by atoms with E-state index in [1.807, 2.05) is 13.8 Å². The van der Waals surface area contributed by atoms with Crippen LogP contribution in [0.15, 0.2) is 6.07 Å². The van der Waals surface area contributed by atoms with Gasteiger partial charge in [0.2, 0.25) is 11.9 Å². The lowest BCUT2D eigenvalue weighted by Crippen LogP contribution is -2.31. The van der Waals surface area contributed by atoms with Gasteiger partial charge in [0.15, 0.2) is 0 Å². The Bertz CT molecular complexity index is 419. The molecule has 0 aliphatic rings. The van der Waals surface area contributed by atoms with Crippen molar-refractivity contribution in [3.05, 3.63) is 6.07 Å². The smallest absolute Gasteiger partial charge is 0.224 e. The molecule has 0 spiro atoms. The highest BCUT2D eigenvalue weighted by Gasteiger charge is 2.09. The summed E-state index contributed by atoms with van der Waals surface area (Å²) < 4.78 is 0. The zero-order valence-electron chi connectivity index (χ0n) is 11.7. The highest BCUT2D eigenvalue weighted by Crippen LogP contribution is 2.11. The monoisotopic (exact) mass is 266 g/mol. The zero-order chi connectivity index (χ0) is 14.3. The second kappa shape index (κ2) is 7.40. The van der Waals surface area contributed by atoms with Crippen LogP contribution in [0.2, 0.25) is 0 Å². The molecule has 0 aliphatic heterocycles. The molecule has 106 valence electrons. The highest BCUT2D eigenvalue weighted by atomic mass is 16.2. The van der Waals surface area contributed by atoms with Crippen molar-refractivity contribution in [2.75, 3.05) is 43.0 Å². The van der Waals surface area contributed by atoms with Crippen molar-refractivity contribution in [3.63, 3.8) is 0 Å². The Kier molecular flexibility index (Phi) is 5.84. The number of carbonyl (C=O) groups excluding carboxylic acids is 1. The topological polar surface area (TPSA) is 96.2 Å². The second-order valence-electron chi connectivity index (χ2n) is 3.99. The van der Waals surface area contributed by atoms with Crippen LogP contribution in [0.3, 0.4) is 0 Å². The molecule has 19 heavy (non-hydrogen) atoms. The summed E-state index contributed by atoms with van der Waals surface area (Å²) in [6.45, 7) is 5.94. The predicted molar refractivity (Wildman–Crippen MR) is 77.0 cm³/mol. The van der Waals surface area contributed by atoms with E-state index < -0.39 is 0 Å². The Morgan fingerprint density at radius 1 is 1.32 bits per heavy atom. The van der Waals surface area contributed by atoms with Crippen LogP contribution in [0.1, 0.15) is 20.3 Å².